The number of rotatable bonds is 24. The van der Waals surface area contributed by atoms with E-state index in [1.54, 1.807) is 122 Å². The second kappa shape index (κ2) is 36.4. The Balaban J connectivity index is 0.000000137. The summed E-state index contributed by atoms with van der Waals surface area (Å²) in [6.07, 6.45) is 20.8. The summed E-state index contributed by atoms with van der Waals surface area (Å²) in [4.78, 5) is 58.2. The van der Waals surface area contributed by atoms with Crippen molar-refractivity contribution in [2.45, 2.75) is 75.5 Å². The first-order valence-corrected chi connectivity index (χ1v) is 40.1. The standard InChI is InChI=1S/C28H24Cl2N8O3.2C28H24ClFN8O3/c1-41-28(39)33-19-6-7-20(23(30)12-19)24-13-31-27(34-24)22(10-16-2-3-16)26-8-4-17(14-38(26)40)21-11-18(29)5-9-25(21)37-15-32-35-36-37;2*1-41-28(39)34-23-7-4-17(11-22(23)30)24-13-31-27(33-24)21(10-16-2-3-16)26-8-5-18(14-38(26)40)20-12-19(29)6-9-25(20)37-15-32-35-36-37/h4-9,11-16,22H,2-3,10H2,1H3,(H,31,34)(H,33,39);2*4-9,11-16,21H,2-3,10H2,1H3,(H,31,33)(H,34,39). The quantitative estimate of drug-likeness (QED) is 0.0186. The Morgan fingerprint density at radius 2 is 0.772 bits per heavy atom. The third kappa shape index (κ3) is 19.4. The first-order chi connectivity index (χ1) is 59.7. The van der Waals surface area contributed by atoms with Crippen molar-refractivity contribution in [2.24, 2.45) is 17.8 Å². The smallest absolute Gasteiger partial charge is 0.411 e. The average Bonchev–Trinajstić information content (AvgIpc) is 1.77. The second-order valence-electron chi connectivity index (χ2n) is 29.4. The summed E-state index contributed by atoms with van der Waals surface area (Å²) in [5.74, 6) is 1.33. The molecular formula is C84H72Cl4F2N24O9. The number of imidazole rings is 3. The van der Waals surface area contributed by atoms with E-state index in [1.807, 2.05) is 24.3 Å². The minimum absolute atomic E-state index is 0.00220. The molecule has 9 aromatic heterocycles. The zero-order valence-electron chi connectivity index (χ0n) is 65.4. The first kappa shape index (κ1) is 82.5. The van der Waals surface area contributed by atoms with Gasteiger partial charge in [-0.15, -0.1) is 15.3 Å². The fourth-order valence-corrected chi connectivity index (χ4v) is 15.2. The number of carbonyl (C=O) groups excluding carboxylic acids is 3. The van der Waals surface area contributed by atoms with E-state index in [-0.39, 0.29) is 29.1 Å². The van der Waals surface area contributed by atoms with Crippen molar-refractivity contribution in [2.75, 3.05) is 37.3 Å². The zero-order valence-corrected chi connectivity index (χ0v) is 68.4. The van der Waals surface area contributed by atoms with E-state index in [0.29, 0.717) is 157 Å². The van der Waals surface area contributed by atoms with Crippen LogP contribution in [0.3, 0.4) is 0 Å². The van der Waals surface area contributed by atoms with Gasteiger partial charge in [-0.25, -0.2) is 38.1 Å². The third-order valence-corrected chi connectivity index (χ3v) is 22.2. The van der Waals surface area contributed by atoms with Gasteiger partial charge in [0, 0.05) is 89.0 Å². The van der Waals surface area contributed by atoms with E-state index in [2.05, 4.69) is 107 Å². The summed E-state index contributed by atoms with van der Waals surface area (Å²) in [5.41, 5.74) is 12.0. The maximum atomic E-state index is 14.6. The van der Waals surface area contributed by atoms with Gasteiger partial charge in [-0.2, -0.15) is 28.2 Å². The Kier molecular flexibility index (Phi) is 24.4. The molecule has 0 radical (unpaired) electrons. The molecule has 624 valence electrons. The topological polar surface area (TPSA) is 413 Å². The van der Waals surface area contributed by atoms with Crippen LogP contribution in [0.2, 0.25) is 20.1 Å². The van der Waals surface area contributed by atoms with Crippen molar-refractivity contribution in [3.63, 3.8) is 0 Å². The predicted octanol–water partition coefficient (Wildman–Crippen LogP) is 16.3. The van der Waals surface area contributed by atoms with Crippen molar-refractivity contribution in [1.82, 2.24) is 90.5 Å². The minimum atomic E-state index is -0.762. The first-order valence-electron chi connectivity index (χ1n) is 38.6. The van der Waals surface area contributed by atoms with E-state index in [0.717, 1.165) is 77.5 Å². The molecule has 0 aliphatic heterocycles. The van der Waals surface area contributed by atoms with Gasteiger partial charge in [0.15, 0.2) is 18.6 Å². The van der Waals surface area contributed by atoms with Crippen molar-refractivity contribution < 1.29 is 51.6 Å². The molecule has 3 aliphatic carbocycles. The van der Waals surface area contributed by atoms with Crippen LogP contribution in [0.25, 0.3) is 84.2 Å². The third-order valence-electron chi connectivity index (χ3n) is 21.2. The van der Waals surface area contributed by atoms with Gasteiger partial charge in [-0.3, -0.25) is 16.0 Å². The van der Waals surface area contributed by atoms with Crippen LogP contribution in [0.4, 0.5) is 40.2 Å². The molecule has 18 rings (SSSR count). The van der Waals surface area contributed by atoms with Crippen LogP contribution >= 0.6 is 46.4 Å². The van der Waals surface area contributed by atoms with Crippen molar-refractivity contribution >= 4 is 81.7 Å². The largest absolute Gasteiger partial charge is 0.618 e. The molecule has 3 atom stereocenters. The van der Waals surface area contributed by atoms with Gasteiger partial charge in [-0.1, -0.05) is 97.1 Å². The number of aromatic amines is 3. The fraction of sp³-hybridized carbons (Fsp3) is 0.214. The molecule has 3 saturated carbocycles. The van der Waals surface area contributed by atoms with Crippen molar-refractivity contribution in [1.29, 1.82) is 0 Å². The van der Waals surface area contributed by atoms with Gasteiger partial charge in [0.25, 0.3) is 0 Å². The zero-order chi connectivity index (χ0) is 85.5. The number of pyridine rings is 3. The molecule has 0 bridgehead atoms. The molecule has 3 unspecified atom stereocenters. The maximum Gasteiger partial charge on any atom is 0.411 e. The van der Waals surface area contributed by atoms with E-state index < -0.39 is 29.9 Å². The number of nitrogens with one attached hydrogen (secondary N) is 6. The molecule has 123 heavy (non-hydrogen) atoms. The van der Waals surface area contributed by atoms with Crippen LogP contribution in [-0.2, 0) is 14.2 Å². The summed E-state index contributed by atoms with van der Waals surface area (Å²) < 4.78 is 50.2. The molecular weight excluding hydrogens is 1670 g/mol. The molecule has 39 heteroatoms. The Bertz CT molecular complexity index is 6110. The SMILES string of the molecule is COC(=O)Nc1ccc(-c2cnc(C(CC3CC3)c3ccc(-c4cc(Cl)ccc4-n4cnnn4)c[n+]3[O-])[nH]2)c(Cl)c1.COC(=O)Nc1ccc(-c2cnc(C(CC3CC3)c3ccc(-c4cc(Cl)ccc4-n4cnnn4)c[n+]3[O-])[nH]2)cc1F.COC(=O)Nc1ccc(-c2cnc(C(CC3CC3)c3ccc(-c4cc(Cl)ccc4-n4cnnn4)c[n+]3[O-])[nH]2)cc1F. The minimum Gasteiger partial charge on any atom is -0.618 e. The highest BCUT2D eigenvalue weighted by Crippen LogP contribution is 2.45. The van der Waals surface area contributed by atoms with E-state index >= 15 is 0 Å². The van der Waals surface area contributed by atoms with Gasteiger partial charge >= 0.3 is 18.3 Å². The lowest BCUT2D eigenvalue weighted by molar-refractivity contribution is -0.614. The van der Waals surface area contributed by atoms with Gasteiger partial charge in [0.05, 0.1) is 90.5 Å². The van der Waals surface area contributed by atoms with Crippen LogP contribution in [0.15, 0.2) is 202 Å². The fourth-order valence-electron chi connectivity index (χ4n) is 14.4. The molecule has 6 aromatic carbocycles. The molecule has 9 heterocycles. The average molecular weight is 1740 g/mol. The Morgan fingerprint density at radius 3 is 1.09 bits per heavy atom. The van der Waals surface area contributed by atoms with Crippen molar-refractivity contribution in [3.05, 3.63) is 284 Å². The highest BCUT2D eigenvalue weighted by Gasteiger charge is 2.37. The lowest BCUT2D eigenvalue weighted by Crippen LogP contribution is -2.34. The van der Waals surface area contributed by atoms with Crippen molar-refractivity contribution in [3.8, 4) is 84.2 Å². The predicted molar refractivity (Wildman–Crippen MR) is 448 cm³/mol. The number of halogens is 6. The number of nitrogens with zero attached hydrogens (tertiary/aromatic N) is 18. The molecule has 3 amide bonds. The number of aromatic nitrogens is 21. The van der Waals surface area contributed by atoms with Crippen LogP contribution < -0.4 is 30.1 Å². The number of H-pyrrole nitrogens is 3. The number of amides is 3. The number of carbonyl (C=O) groups is 3. The number of tetrazole rings is 3. The van der Waals surface area contributed by atoms with Gasteiger partial charge in [0.1, 0.15) is 65.8 Å². The van der Waals surface area contributed by atoms with E-state index in [9.17, 15) is 38.8 Å². The van der Waals surface area contributed by atoms with Crippen LogP contribution in [0.1, 0.15) is 110 Å². The molecule has 15 aromatic rings. The highest BCUT2D eigenvalue weighted by molar-refractivity contribution is 6.33. The number of methoxy groups -OCH3 is 3. The summed E-state index contributed by atoms with van der Waals surface area (Å²) in [6, 6.07) is 41.0. The molecule has 33 nitrogen and oxygen atoms in total. The number of benzene rings is 6. The normalized spacial score (nSPS) is 13.6. The number of hydrogen-bond acceptors (Lipinski definition) is 21. The monoisotopic (exact) mass is 1740 g/mol. The van der Waals surface area contributed by atoms with Gasteiger partial charge < -0.3 is 44.8 Å². The number of ether oxygens (including phenoxy) is 3. The molecule has 0 spiro atoms. The van der Waals surface area contributed by atoms with Gasteiger partial charge in [-0.05, 0) is 184 Å². The van der Waals surface area contributed by atoms with Crippen LogP contribution in [0, 0.1) is 45.0 Å². The second-order valence-corrected chi connectivity index (χ2v) is 31.1. The Labute approximate surface area is 718 Å². The van der Waals surface area contributed by atoms with E-state index in [1.165, 1.54) is 91.0 Å². The Morgan fingerprint density at radius 1 is 0.431 bits per heavy atom. The summed E-state index contributed by atoms with van der Waals surface area (Å²) in [7, 11) is 3.70. The number of anilines is 3. The molecule has 3 fully saturated rings. The Hall–Kier alpha value is -14.2. The number of hydrogen-bond donors (Lipinski definition) is 6. The van der Waals surface area contributed by atoms with Gasteiger partial charge in [0.2, 0.25) is 17.1 Å². The van der Waals surface area contributed by atoms with Crippen LogP contribution in [-0.4, -0.2) is 130 Å². The lowest BCUT2D eigenvalue weighted by Gasteiger charge is -2.16. The lowest BCUT2D eigenvalue weighted by atomic mass is 9.95. The summed E-state index contributed by atoms with van der Waals surface area (Å²) in [6.45, 7) is 0. The maximum absolute atomic E-state index is 14.6. The van der Waals surface area contributed by atoms with E-state index in [4.69, 9.17) is 46.4 Å². The highest BCUT2D eigenvalue weighted by atomic mass is 35.5. The molecule has 3 aliphatic rings. The molecule has 6 N–H and O–H groups in total. The summed E-state index contributed by atoms with van der Waals surface area (Å²) in [5, 5.41) is 83.9. The summed E-state index contributed by atoms with van der Waals surface area (Å²) >= 11 is 25.4. The van der Waals surface area contributed by atoms with Crippen LogP contribution in [0.5, 0.6) is 0 Å². The molecule has 0 saturated heterocycles.